The molecule has 6 heteroatoms. The lowest BCUT2D eigenvalue weighted by atomic mass is 10.2. The maximum atomic E-state index is 13.1. The van der Waals surface area contributed by atoms with Crippen molar-refractivity contribution in [2.24, 2.45) is 0 Å². The topological polar surface area (TPSA) is 71.3 Å². The maximum Gasteiger partial charge on any atom is 0.322 e. The summed E-state index contributed by atoms with van der Waals surface area (Å²) in [4.78, 5) is 21.7. The quantitative estimate of drug-likeness (QED) is 0.856. The van der Waals surface area contributed by atoms with Crippen LogP contribution < -0.4 is 5.32 Å². The van der Waals surface area contributed by atoms with Crippen molar-refractivity contribution in [1.29, 1.82) is 0 Å². The van der Waals surface area contributed by atoms with Crippen LogP contribution in [0.25, 0.3) is 10.9 Å². The van der Waals surface area contributed by atoms with Crippen LogP contribution >= 0.6 is 0 Å². The van der Waals surface area contributed by atoms with Gasteiger partial charge in [0.05, 0.1) is 5.52 Å². The lowest BCUT2D eigenvalue weighted by molar-refractivity contribution is -0.137. The van der Waals surface area contributed by atoms with Crippen molar-refractivity contribution < 1.29 is 19.1 Å². The predicted octanol–water partition coefficient (Wildman–Crippen LogP) is 1.37. The number of fused-ring (bicyclic) bond motifs is 1. The molecule has 19 heavy (non-hydrogen) atoms. The molecule has 0 aliphatic carbocycles. The summed E-state index contributed by atoms with van der Waals surface area (Å²) in [6.07, 6.45) is 1.92. The highest BCUT2D eigenvalue weighted by molar-refractivity contribution is 5.82. The van der Waals surface area contributed by atoms with Crippen molar-refractivity contribution in [3.63, 3.8) is 0 Å². The summed E-state index contributed by atoms with van der Waals surface area (Å²) in [6, 6.07) is 6.30. The molecule has 1 aromatic heterocycles. The van der Waals surface area contributed by atoms with E-state index in [-0.39, 0.29) is 24.7 Å². The SMILES string of the molecule is O=C(O)CNC(=O)CCn1ccc2ccc(F)cc21. The number of carboxylic acids is 1. The Hall–Kier alpha value is -2.37. The second kappa shape index (κ2) is 5.51. The number of halogens is 1. The number of aliphatic carboxylic acids is 1. The first-order valence-electron chi connectivity index (χ1n) is 5.79. The van der Waals surface area contributed by atoms with Gasteiger partial charge >= 0.3 is 5.97 Å². The number of hydrogen-bond donors (Lipinski definition) is 2. The van der Waals surface area contributed by atoms with E-state index in [1.54, 1.807) is 16.8 Å². The number of aromatic nitrogens is 1. The molecule has 1 aromatic carbocycles. The third-order valence-electron chi connectivity index (χ3n) is 2.75. The molecule has 0 aliphatic rings. The van der Waals surface area contributed by atoms with Crippen LogP contribution in [0, 0.1) is 5.82 Å². The number of benzene rings is 1. The summed E-state index contributed by atoms with van der Waals surface area (Å²) in [5, 5.41) is 11.6. The lowest BCUT2D eigenvalue weighted by Crippen LogP contribution is -2.29. The van der Waals surface area contributed by atoms with E-state index in [0.29, 0.717) is 12.1 Å². The Morgan fingerprint density at radius 1 is 1.32 bits per heavy atom. The average Bonchev–Trinajstić information content (AvgIpc) is 2.76. The smallest absolute Gasteiger partial charge is 0.322 e. The number of nitrogens with zero attached hydrogens (tertiary/aromatic N) is 1. The van der Waals surface area contributed by atoms with Gasteiger partial charge in [-0.05, 0) is 29.7 Å². The Bertz CT molecular complexity index is 621. The van der Waals surface area contributed by atoms with Crippen LogP contribution in [0.15, 0.2) is 30.5 Å². The van der Waals surface area contributed by atoms with Gasteiger partial charge < -0.3 is 15.0 Å². The first-order valence-corrected chi connectivity index (χ1v) is 5.79. The predicted molar refractivity (Wildman–Crippen MR) is 67.2 cm³/mol. The highest BCUT2D eigenvalue weighted by Crippen LogP contribution is 2.17. The molecule has 2 rings (SSSR count). The van der Waals surface area contributed by atoms with Gasteiger partial charge in [-0.25, -0.2) is 4.39 Å². The molecule has 1 heterocycles. The largest absolute Gasteiger partial charge is 0.480 e. The Balaban J connectivity index is 2.00. The van der Waals surface area contributed by atoms with E-state index < -0.39 is 5.97 Å². The number of hydrogen-bond acceptors (Lipinski definition) is 2. The molecule has 0 spiro atoms. The molecule has 0 atom stereocenters. The highest BCUT2D eigenvalue weighted by atomic mass is 19.1. The monoisotopic (exact) mass is 264 g/mol. The second-order valence-corrected chi connectivity index (χ2v) is 4.13. The maximum absolute atomic E-state index is 13.1. The van der Waals surface area contributed by atoms with E-state index in [1.165, 1.54) is 12.1 Å². The first-order chi connectivity index (χ1) is 9.06. The molecule has 0 aliphatic heterocycles. The molecule has 0 saturated carbocycles. The van der Waals surface area contributed by atoms with Crippen LogP contribution in [-0.2, 0) is 16.1 Å². The van der Waals surface area contributed by atoms with Crippen molar-refractivity contribution in [2.75, 3.05) is 6.54 Å². The summed E-state index contributed by atoms with van der Waals surface area (Å²) in [5.41, 5.74) is 0.714. The van der Waals surface area contributed by atoms with Gasteiger partial charge in [-0.2, -0.15) is 0 Å². The van der Waals surface area contributed by atoms with Crippen LogP contribution in [0.1, 0.15) is 6.42 Å². The molecular weight excluding hydrogens is 251 g/mol. The average molecular weight is 264 g/mol. The van der Waals surface area contributed by atoms with E-state index >= 15 is 0 Å². The number of rotatable bonds is 5. The first kappa shape index (κ1) is 13.1. The Labute approximate surface area is 108 Å². The molecule has 1 amide bonds. The van der Waals surface area contributed by atoms with Gasteiger partial charge in [0, 0.05) is 19.2 Å². The number of carbonyl (C=O) groups is 2. The Morgan fingerprint density at radius 3 is 2.84 bits per heavy atom. The fraction of sp³-hybridized carbons (Fsp3) is 0.231. The van der Waals surface area contributed by atoms with Crippen LogP contribution in [-0.4, -0.2) is 28.1 Å². The molecule has 2 aromatic rings. The van der Waals surface area contributed by atoms with Crippen molar-refractivity contribution >= 4 is 22.8 Å². The number of carbonyl (C=O) groups excluding carboxylic acids is 1. The second-order valence-electron chi connectivity index (χ2n) is 4.13. The molecular formula is C13H13FN2O3. The highest BCUT2D eigenvalue weighted by Gasteiger charge is 2.06. The molecule has 0 bridgehead atoms. The van der Waals surface area contributed by atoms with Gasteiger partial charge in [-0.3, -0.25) is 9.59 Å². The van der Waals surface area contributed by atoms with Crippen molar-refractivity contribution in [2.45, 2.75) is 13.0 Å². The van der Waals surface area contributed by atoms with Crippen LogP contribution in [0.4, 0.5) is 4.39 Å². The zero-order valence-electron chi connectivity index (χ0n) is 10.1. The summed E-state index contributed by atoms with van der Waals surface area (Å²) in [5.74, 6) is -1.76. The van der Waals surface area contributed by atoms with E-state index in [0.717, 1.165) is 5.39 Å². The number of carboxylic acid groups (broad SMARTS) is 1. The molecule has 0 radical (unpaired) electrons. The number of nitrogens with one attached hydrogen (secondary N) is 1. The van der Waals surface area contributed by atoms with E-state index in [9.17, 15) is 14.0 Å². The minimum absolute atomic E-state index is 0.146. The summed E-state index contributed by atoms with van der Waals surface area (Å²) < 4.78 is 14.9. The van der Waals surface area contributed by atoms with Gasteiger partial charge in [-0.1, -0.05) is 0 Å². The van der Waals surface area contributed by atoms with Crippen LogP contribution in [0.2, 0.25) is 0 Å². The number of amides is 1. The fourth-order valence-corrected chi connectivity index (χ4v) is 1.84. The molecule has 0 fully saturated rings. The fourth-order valence-electron chi connectivity index (χ4n) is 1.84. The normalized spacial score (nSPS) is 10.6. The van der Waals surface area contributed by atoms with E-state index in [4.69, 9.17) is 5.11 Å². The standard InChI is InChI=1S/C13H13FN2O3/c14-10-2-1-9-3-5-16(11(9)7-10)6-4-12(17)15-8-13(18)19/h1-3,5,7H,4,6,8H2,(H,15,17)(H,18,19). The van der Waals surface area contributed by atoms with Gasteiger partial charge in [-0.15, -0.1) is 0 Å². The molecule has 2 N–H and O–H groups in total. The molecule has 0 saturated heterocycles. The summed E-state index contributed by atoms with van der Waals surface area (Å²) >= 11 is 0. The van der Waals surface area contributed by atoms with E-state index in [2.05, 4.69) is 5.32 Å². The number of aryl methyl sites for hydroxylation is 1. The van der Waals surface area contributed by atoms with Crippen molar-refractivity contribution in [3.8, 4) is 0 Å². The van der Waals surface area contributed by atoms with E-state index in [1.807, 2.05) is 6.07 Å². The third-order valence-corrected chi connectivity index (χ3v) is 2.75. The van der Waals surface area contributed by atoms with Gasteiger partial charge in [0.15, 0.2) is 0 Å². The minimum atomic E-state index is -1.08. The van der Waals surface area contributed by atoms with Gasteiger partial charge in [0.2, 0.25) is 5.91 Å². The van der Waals surface area contributed by atoms with Gasteiger partial charge in [0.25, 0.3) is 0 Å². The van der Waals surface area contributed by atoms with Crippen LogP contribution in [0.5, 0.6) is 0 Å². The Morgan fingerprint density at radius 2 is 2.11 bits per heavy atom. The van der Waals surface area contributed by atoms with Crippen molar-refractivity contribution in [3.05, 3.63) is 36.3 Å². The molecule has 0 unspecified atom stereocenters. The van der Waals surface area contributed by atoms with Gasteiger partial charge in [0.1, 0.15) is 12.4 Å². The Kier molecular flexibility index (Phi) is 3.79. The van der Waals surface area contributed by atoms with Crippen LogP contribution in [0.3, 0.4) is 0 Å². The zero-order valence-corrected chi connectivity index (χ0v) is 10.1. The minimum Gasteiger partial charge on any atom is -0.480 e. The molecule has 100 valence electrons. The summed E-state index contributed by atoms with van der Waals surface area (Å²) in [6.45, 7) is -0.0156. The summed E-state index contributed by atoms with van der Waals surface area (Å²) in [7, 11) is 0. The third kappa shape index (κ3) is 3.31. The molecule has 5 nitrogen and oxygen atoms in total. The lowest BCUT2D eigenvalue weighted by Gasteiger charge is -2.05. The van der Waals surface area contributed by atoms with Crippen molar-refractivity contribution in [1.82, 2.24) is 9.88 Å². The zero-order chi connectivity index (χ0) is 13.8.